The lowest BCUT2D eigenvalue weighted by molar-refractivity contribution is 0.129. The van der Waals surface area contributed by atoms with Crippen LogP contribution in [0.25, 0.3) is 0 Å². The molecule has 0 spiro atoms. The van der Waals surface area contributed by atoms with Gasteiger partial charge in [-0.15, -0.1) is 0 Å². The maximum atomic E-state index is 8.73. The molecule has 0 rings (SSSR count). The zero-order valence-corrected chi connectivity index (χ0v) is 8.51. The van der Waals surface area contributed by atoms with E-state index in [0.717, 1.165) is 6.54 Å². The van der Waals surface area contributed by atoms with Gasteiger partial charge in [0.05, 0.1) is 6.61 Å². The molecule has 0 amide bonds. The first-order valence-electron chi connectivity index (χ1n) is 4.86. The number of nitrogens with one attached hydrogen (secondary N) is 1. The molecule has 0 fully saturated rings. The third kappa shape index (κ3) is 5.52. The quantitative estimate of drug-likeness (QED) is 0.565. The Morgan fingerprint density at radius 1 is 1.42 bits per heavy atom. The molecule has 0 heterocycles. The van der Waals surface area contributed by atoms with Gasteiger partial charge in [0.15, 0.2) is 0 Å². The van der Waals surface area contributed by atoms with Crippen LogP contribution in [0.4, 0.5) is 0 Å². The van der Waals surface area contributed by atoms with Crippen molar-refractivity contribution in [2.24, 2.45) is 0 Å². The molecule has 3 nitrogen and oxygen atoms in total. The third-order valence-electron chi connectivity index (χ3n) is 1.88. The fraction of sp³-hybridized carbons (Fsp3) is 1.00. The summed E-state index contributed by atoms with van der Waals surface area (Å²) in [4.78, 5) is 0. The van der Waals surface area contributed by atoms with Crippen molar-refractivity contribution in [2.45, 2.75) is 39.7 Å². The number of aliphatic hydroxyl groups excluding tert-OH is 1. The van der Waals surface area contributed by atoms with Crippen molar-refractivity contribution < 1.29 is 5.11 Å². The first-order chi connectivity index (χ1) is 5.74. The van der Waals surface area contributed by atoms with E-state index in [9.17, 15) is 0 Å². The fourth-order valence-electron chi connectivity index (χ4n) is 1.24. The number of aliphatic hydroxyl groups is 1. The maximum Gasteiger partial charge on any atom is 0.0572 e. The Hall–Kier alpha value is -0.120. The predicted molar refractivity (Wildman–Crippen MR) is 51.8 cm³/mol. The van der Waals surface area contributed by atoms with E-state index in [2.05, 4.69) is 31.2 Å². The van der Waals surface area contributed by atoms with Crippen molar-refractivity contribution in [1.29, 1.82) is 0 Å². The lowest BCUT2D eigenvalue weighted by Gasteiger charge is -2.24. The summed E-state index contributed by atoms with van der Waals surface area (Å²) >= 11 is 0. The van der Waals surface area contributed by atoms with Crippen molar-refractivity contribution in [3.05, 3.63) is 0 Å². The van der Waals surface area contributed by atoms with Gasteiger partial charge in [-0.25, -0.2) is 5.01 Å². The topological polar surface area (TPSA) is 35.5 Å². The second-order valence-electron chi connectivity index (χ2n) is 3.12. The van der Waals surface area contributed by atoms with Crippen LogP contribution in [-0.4, -0.2) is 35.9 Å². The smallest absolute Gasteiger partial charge is 0.0572 e. The van der Waals surface area contributed by atoms with Gasteiger partial charge in [-0.2, -0.15) is 0 Å². The molecule has 0 aliphatic rings. The molecule has 0 aromatic carbocycles. The molecular formula is C9H22N2O. The molecule has 12 heavy (non-hydrogen) atoms. The fourth-order valence-corrected chi connectivity index (χ4v) is 1.24. The Morgan fingerprint density at radius 3 is 2.50 bits per heavy atom. The third-order valence-corrected chi connectivity index (χ3v) is 1.88. The van der Waals surface area contributed by atoms with E-state index in [-0.39, 0.29) is 6.61 Å². The van der Waals surface area contributed by atoms with Gasteiger partial charge in [0.25, 0.3) is 0 Å². The molecule has 1 atom stereocenters. The summed E-state index contributed by atoms with van der Waals surface area (Å²) in [6, 6.07) is 0.515. The normalized spacial score (nSPS) is 13.8. The van der Waals surface area contributed by atoms with Crippen LogP contribution >= 0.6 is 0 Å². The van der Waals surface area contributed by atoms with Crippen LogP contribution < -0.4 is 5.43 Å². The minimum Gasteiger partial charge on any atom is -0.395 e. The molecule has 0 radical (unpaired) electrons. The molecule has 1 unspecified atom stereocenters. The molecular weight excluding hydrogens is 152 g/mol. The summed E-state index contributed by atoms with van der Waals surface area (Å²) in [5.74, 6) is 0. The van der Waals surface area contributed by atoms with Gasteiger partial charge < -0.3 is 5.11 Å². The van der Waals surface area contributed by atoms with Crippen LogP contribution in [-0.2, 0) is 0 Å². The lowest BCUT2D eigenvalue weighted by Crippen LogP contribution is -2.44. The highest BCUT2D eigenvalue weighted by molar-refractivity contribution is 4.58. The summed E-state index contributed by atoms with van der Waals surface area (Å²) in [5, 5.41) is 10.8. The molecule has 0 saturated heterocycles. The van der Waals surface area contributed by atoms with Gasteiger partial charge in [0.2, 0.25) is 0 Å². The number of likely N-dealkylation sites (N-methyl/N-ethyl adjacent to an activating group) is 1. The Balaban J connectivity index is 3.53. The van der Waals surface area contributed by atoms with E-state index in [1.807, 2.05) is 0 Å². The highest BCUT2D eigenvalue weighted by atomic mass is 16.3. The summed E-state index contributed by atoms with van der Waals surface area (Å²) in [7, 11) is 0. The van der Waals surface area contributed by atoms with Crippen LogP contribution in [0.5, 0.6) is 0 Å². The summed E-state index contributed by atoms with van der Waals surface area (Å²) in [5.41, 5.74) is 3.34. The van der Waals surface area contributed by atoms with Gasteiger partial charge >= 0.3 is 0 Å². The molecule has 0 aliphatic heterocycles. The molecule has 0 saturated carbocycles. The van der Waals surface area contributed by atoms with Gasteiger partial charge in [-0.05, 0) is 13.3 Å². The maximum absolute atomic E-state index is 8.73. The molecule has 0 aromatic heterocycles. The molecule has 0 bridgehead atoms. The second-order valence-corrected chi connectivity index (χ2v) is 3.12. The van der Waals surface area contributed by atoms with E-state index < -0.39 is 0 Å². The Morgan fingerprint density at radius 2 is 2.08 bits per heavy atom. The molecule has 0 aliphatic carbocycles. The Bertz CT molecular complexity index is 98.5. The summed E-state index contributed by atoms with van der Waals surface area (Å²) < 4.78 is 0. The van der Waals surface area contributed by atoms with Crippen molar-refractivity contribution in [3.8, 4) is 0 Å². The molecule has 74 valence electrons. The standard InChI is InChI=1S/C9H22N2O/c1-4-6-9(3)10-11(5-2)7-8-12/h9-10,12H,4-8H2,1-3H3. The highest BCUT2D eigenvalue weighted by Crippen LogP contribution is 1.95. The van der Waals surface area contributed by atoms with Crippen LogP contribution in [0.3, 0.4) is 0 Å². The van der Waals surface area contributed by atoms with Crippen molar-refractivity contribution >= 4 is 0 Å². The summed E-state index contributed by atoms with van der Waals surface area (Å²) in [6.45, 7) is 8.31. The van der Waals surface area contributed by atoms with Gasteiger partial charge in [-0.1, -0.05) is 20.3 Å². The zero-order valence-electron chi connectivity index (χ0n) is 8.51. The molecule has 3 heteroatoms. The van der Waals surface area contributed by atoms with E-state index in [4.69, 9.17) is 5.11 Å². The van der Waals surface area contributed by atoms with Gasteiger partial charge in [0, 0.05) is 19.1 Å². The van der Waals surface area contributed by atoms with Gasteiger partial charge in [-0.3, -0.25) is 5.43 Å². The number of hydrogen-bond donors (Lipinski definition) is 2. The van der Waals surface area contributed by atoms with Gasteiger partial charge in [0.1, 0.15) is 0 Å². The first kappa shape index (κ1) is 11.9. The first-order valence-corrected chi connectivity index (χ1v) is 4.86. The van der Waals surface area contributed by atoms with E-state index >= 15 is 0 Å². The second kappa shape index (κ2) is 7.53. The van der Waals surface area contributed by atoms with Crippen molar-refractivity contribution in [1.82, 2.24) is 10.4 Å². The summed E-state index contributed by atoms with van der Waals surface area (Å²) in [6.07, 6.45) is 2.38. The van der Waals surface area contributed by atoms with Crippen LogP contribution in [0.15, 0.2) is 0 Å². The molecule has 2 N–H and O–H groups in total. The van der Waals surface area contributed by atoms with Crippen molar-refractivity contribution in [3.63, 3.8) is 0 Å². The largest absolute Gasteiger partial charge is 0.395 e. The molecule has 0 aromatic rings. The van der Waals surface area contributed by atoms with E-state index in [1.54, 1.807) is 0 Å². The Kier molecular flexibility index (Phi) is 7.45. The van der Waals surface area contributed by atoms with Crippen molar-refractivity contribution in [2.75, 3.05) is 19.7 Å². The van der Waals surface area contributed by atoms with Crippen LogP contribution in [0.1, 0.15) is 33.6 Å². The van der Waals surface area contributed by atoms with E-state index in [1.165, 1.54) is 12.8 Å². The number of hydrazine groups is 1. The monoisotopic (exact) mass is 174 g/mol. The Labute approximate surface area is 75.7 Å². The van der Waals surface area contributed by atoms with E-state index in [0.29, 0.717) is 12.6 Å². The average molecular weight is 174 g/mol. The number of rotatable bonds is 7. The minimum absolute atomic E-state index is 0.222. The average Bonchev–Trinajstić information content (AvgIpc) is 2.04. The predicted octanol–water partition coefficient (Wildman–Crippen LogP) is 0.994. The van der Waals surface area contributed by atoms with Crippen LogP contribution in [0.2, 0.25) is 0 Å². The SMILES string of the molecule is CCCC(C)NN(CC)CCO. The minimum atomic E-state index is 0.222. The zero-order chi connectivity index (χ0) is 9.40. The number of nitrogens with zero attached hydrogens (tertiary/aromatic N) is 1. The lowest BCUT2D eigenvalue weighted by atomic mass is 10.2. The highest BCUT2D eigenvalue weighted by Gasteiger charge is 2.04. The van der Waals surface area contributed by atoms with Crippen LogP contribution in [0, 0.1) is 0 Å². The number of hydrogen-bond acceptors (Lipinski definition) is 3.